The van der Waals surface area contributed by atoms with Crippen LogP contribution in [0.2, 0.25) is 0 Å². The van der Waals surface area contributed by atoms with Gasteiger partial charge in [-0.25, -0.2) is 0 Å². The van der Waals surface area contributed by atoms with Crippen LogP contribution >= 0.6 is 0 Å². The Kier molecular flexibility index (Phi) is 6.88. The largest absolute Gasteiger partial charge is 0.497 e. The molecule has 1 saturated carbocycles. The lowest BCUT2D eigenvalue weighted by Gasteiger charge is -2.31. The van der Waals surface area contributed by atoms with Crippen LogP contribution in [0.1, 0.15) is 31.2 Å². The second kappa shape index (κ2) is 8.91. The molecule has 2 atom stereocenters. The van der Waals surface area contributed by atoms with Crippen LogP contribution in [0.5, 0.6) is 5.75 Å². The highest BCUT2D eigenvalue weighted by Gasteiger charge is 2.47. The number of hydrogen-bond acceptors (Lipinski definition) is 3. The molecule has 144 valence electrons. The lowest BCUT2D eigenvalue weighted by molar-refractivity contribution is -0.198. The molecule has 0 bridgehead atoms. The minimum absolute atomic E-state index is 0.0365. The van der Waals surface area contributed by atoms with Crippen molar-refractivity contribution in [3.8, 4) is 5.75 Å². The van der Waals surface area contributed by atoms with Crippen LogP contribution in [-0.2, 0) is 16.1 Å². The molecule has 0 aliphatic heterocycles. The van der Waals surface area contributed by atoms with Crippen molar-refractivity contribution in [1.82, 2.24) is 10.6 Å². The van der Waals surface area contributed by atoms with Crippen LogP contribution in [0.15, 0.2) is 24.3 Å². The molecule has 0 spiro atoms. The zero-order valence-electron chi connectivity index (χ0n) is 14.6. The molecule has 1 aromatic rings. The molecular weight excluding hydrogens is 349 g/mol. The van der Waals surface area contributed by atoms with Crippen molar-refractivity contribution in [2.75, 3.05) is 13.7 Å². The summed E-state index contributed by atoms with van der Waals surface area (Å²) in [6.45, 7) is -0.0800. The highest BCUT2D eigenvalue weighted by molar-refractivity contribution is 5.86. The van der Waals surface area contributed by atoms with E-state index in [-0.39, 0.29) is 25.9 Å². The molecule has 26 heavy (non-hydrogen) atoms. The summed E-state index contributed by atoms with van der Waals surface area (Å²) < 4.78 is 44.2. The van der Waals surface area contributed by atoms with Gasteiger partial charge in [-0.3, -0.25) is 9.59 Å². The van der Waals surface area contributed by atoms with Gasteiger partial charge in [-0.05, 0) is 30.5 Å². The van der Waals surface area contributed by atoms with Crippen LogP contribution in [0.25, 0.3) is 0 Å². The molecule has 8 heteroatoms. The van der Waals surface area contributed by atoms with Crippen molar-refractivity contribution in [2.24, 2.45) is 11.8 Å². The number of benzene rings is 1. The molecule has 2 rings (SSSR count). The Bertz CT molecular complexity index is 617. The van der Waals surface area contributed by atoms with Gasteiger partial charge >= 0.3 is 6.18 Å². The number of hydrogen-bond donors (Lipinski definition) is 2. The topological polar surface area (TPSA) is 67.4 Å². The highest BCUT2D eigenvalue weighted by atomic mass is 19.4. The molecule has 1 aliphatic rings. The van der Waals surface area contributed by atoms with Crippen LogP contribution in [0, 0.1) is 11.8 Å². The van der Waals surface area contributed by atoms with E-state index in [1.54, 1.807) is 31.4 Å². The predicted molar refractivity (Wildman–Crippen MR) is 89.4 cm³/mol. The molecule has 1 fully saturated rings. The number of alkyl halides is 3. The van der Waals surface area contributed by atoms with Gasteiger partial charge < -0.3 is 15.4 Å². The van der Waals surface area contributed by atoms with E-state index in [4.69, 9.17) is 4.74 Å². The minimum atomic E-state index is -4.39. The number of nitrogens with one attached hydrogen (secondary N) is 2. The molecule has 2 amide bonds. The van der Waals surface area contributed by atoms with E-state index in [9.17, 15) is 22.8 Å². The Labute approximate surface area is 150 Å². The first kappa shape index (κ1) is 20.1. The molecule has 2 unspecified atom stereocenters. The Morgan fingerprint density at radius 1 is 1.12 bits per heavy atom. The standard InChI is InChI=1S/C18H23F3N2O3/c1-26-13-8-6-12(7-9-13)10-22-16(24)11-23-17(25)14-4-2-3-5-15(14)18(19,20)21/h6-9,14-15H,2-5,10-11H2,1H3,(H,22,24)(H,23,25). The van der Waals surface area contributed by atoms with Crippen LogP contribution in [0.4, 0.5) is 13.2 Å². The first-order chi connectivity index (χ1) is 12.3. The SMILES string of the molecule is COc1ccc(CNC(=O)CNC(=O)C2CCCCC2C(F)(F)F)cc1. The summed E-state index contributed by atoms with van der Waals surface area (Å²) in [5.41, 5.74) is 0.842. The predicted octanol–water partition coefficient (Wildman–Crippen LogP) is 2.80. The van der Waals surface area contributed by atoms with Crippen molar-refractivity contribution in [3.05, 3.63) is 29.8 Å². The number of methoxy groups -OCH3 is 1. The first-order valence-corrected chi connectivity index (χ1v) is 8.55. The van der Waals surface area contributed by atoms with E-state index in [0.717, 1.165) is 5.56 Å². The van der Waals surface area contributed by atoms with Gasteiger partial charge in [-0.2, -0.15) is 13.2 Å². The Hall–Kier alpha value is -2.25. The van der Waals surface area contributed by atoms with E-state index in [0.29, 0.717) is 18.6 Å². The number of ether oxygens (including phenoxy) is 1. The van der Waals surface area contributed by atoms with Crippen molar-refractivity contribution in [3.63, 3.8) is 0 Å². The second-order valence-electron chi connectivity index (χ2n) is 6.38. The smallest absolute Gasteiger partial charge is 0.392 e. The lowest BCUT2D eigenvalue weighted by Crippen LogP contribution is -2.45. The molecule has 0 heterocycles. The lowest BCUT2D eigenvalue weighted by atomic mass is 9.78. The minimum Gasteiger partial charge on any atom is -0.497 e. The maximum absolute atomic E-state index is 13.0. The Morgan fingerprint density at radius 3 is 2.38 bits per heavy atom. The normalized spacial score (nSPS) is 20.3. The number of rotatable bonds is 6. The summed E-state index contributed by atoms with van der Waals surface area (Å²) in [4.78, 5) is 23.9. The number of halogens is 3. The average Bonchev–Trinajstić information content (AvgIpc) is 2.64. The maximum atomic E-state index is 13.0. The number of carbonyl (C=O) groups is 2. The number of carbonyl (C=O) groups excluding carboxylic acids is 2. The van der Waals surface area contributed by atoms with Crippen LogP contribution in [-0.4, -0.2) is 31.6 Å². The summed E-state index contributed by atoms with van der Waals surface area (Å²) in [6.07, 6.45) is -3.17. The second-order valence-corrected chi connectivity index (χ2v) is 6.38. The zero-order valence-corrected chi connectivity index (χ0v) is 14.6. The molecule has 1 aliphatic carbocycles. The summed E-state index contributed by atoms with van der Waals surface area (Å²) in [7, 11) is 1.55. The van der Waals surface area contributed by atoms with Gasteiger partial charge in [0.25, 0.3) is 0 Å². The fraction of sp³-hybridized carbons (Fsp3) is 0.556. The monoisotopic (exact) mass is 372 g/mol. The van der Waals surface area contributed by atoms with E-state index < -0.39 is 29.8 Å². The van der Waals surface area contributed by atoms with Crippen LogP contribution in [0.3, 0.4) is 0 Å². The third-order valence-electron chi connectivity index (χ3n) is 4.60. The highest BCUT2D eigenvalue weighted by Crippen LogP contribution is 2.41. The van der Waals surface area contributed by atoms with Gasteiger partial charge in [0.15, 0.2) is 0 Å². The number of amides is 2. The average molecular weight is 372 g/mol. The quantitative estimate of drug-likeness (QED) is 0.807. The summed E-state index contributed by atoms with van der Waals surface area (Å²) in [5.74, 6) is -3.20. The van der Waals surface area contributed by atoms with Crippen molar-refractivity contribution < 1.29 is 27.5 Å². The van der Waals surface area contributed by atoms with E-state index >= 15 is 0 Å². The zero-order chi connectivity index (χ0) is 19.2. The first-order valence-electron chi connectivity index (χ1n) is 8.55. The fourth-order valence-electron chi connectivity index (χ4n) is 3.14. The molecule has 0 radical (unpaired) electrons. The summed E-state index contributed by atoms with van der Waals surface area (Å²) in [5, 5.41) is 4.96. The van der Waals surface area contributed by atoms with Crippen molar-refractivity contribution in [1.29, 1.82) is 0 Å². The maximum Gasteiger partial charge on any atom is 0.392 e. The summed E-state index contributed by atoms with van der Waals surface area (Å²) >= 11 is 0. The van der Waals surface area contributed by atoms with Crippen molar-refractivity contribution >= 4 is 11.8 Å². The van der Waals surface area contributed by atoms with Gasteiger partial charge in [-0.15, -0.1) is 0 Å². The van der Waals surface area contributed by atoms with Gasteiger partial charge in [-0.1, -0.05) is 25.0 Å². The molecule has 0 aromatic heterocycles. The molecule has 5 nitrogen and oxygen atoms in total. The Balaban J connectivity index is 1.79. The Morgan fingerprint density at radius 2 is 1.77 bits per heavy atom. The van der Waals surface area contributed by atoms with Gasteiger partial charge in [0.05, 0.1) is 19.6 Å². The van der Waals surface area contributed by atoms with Gasteiger partial charge in [0, 0.05) is 12.5 Å². The van der Waals surface area contributed by atoms with E-state index in [2.05, 4.69) is 10.6 Å². The van der Waals surface area contributed by atoms with E-state index in [1.807, 2.05) is 0 Å². The van der Waals surface area contributed by atoms with E-state index in [1.165, 1.54) is 0 Å². The molecule has 2 N–H and O–H groups in total. The molecule has 0 saturated heterocycles. The molecule has 1 aromatic carbocycles. The third kappa shape index (κ3) is 5.64. The fourth-order valence-corrected chi connectivity index (χ4v) is 3.14. The molecular formula is C18H23F3N2O3. The third-order valence-corrected chi connectivity index (χ3v) is 4.60. The van der Waals surface area contributed by atoms with Gasteiger partial charge in [0.2, 0.25) is 11.8 Å². The van der Waals surface area contributed by atoms with Crippen molar-refractivity contribution in [2.45, 2.75) is 38.4 Å². The summed E-state index contributed by atoms with van der Waals surface area (Å²) in [6, 6.07) is 7.08. The van der Waals surface area contributed by atoms with Crippen LogP contribution < -0.4 is 15.4 Å². The van der Waals surface area contributed by atoms with Gasteiger partial charge in [0.1, 0.15) is 5.75 Å².